The first kappa shape index (κ1) is 18.6. The lowest BCUT2D eigenvalue weighted by molar-refractivity contribution is -0.145. The molecule has 0 unspecified atom stereocenters. The van der Waals surface area contributed by atoms with Crippen LogP contribution in [-0.2, 0) is 14.3 Å². The molecule has 2 saturated carbocycles. The van der Waals surface area contributed by atoms with Crippen LogP contribution in [0.4, 0.5) is 11.4 Å². The van der Waals surface area contributed by atoms with Gasteiger partial charge < -0.3 is 15.4 Å². The number of rotatable bonds is 4. The molecular weight excluding hydrogens is 483 g/mol. The topological polar surface area (TPSA) is 84.5 Å². The highest BCUT2D eigenvalue weighted by Gasteiger charge is 2.63. The van der Waals surface area contributed by atoms with Gasteiger partial charge in [-0.25, -0.2) is 0 Å². The number of ether oxygens (including phenoxy) is 1. The molecule has 2 amide bonds. The van der Waals surface area contributed by atoms with Gasteiger partial charge >= 0.3 is 5.97 Å². The van der Waals surface area contributed by atoms with Crippen molar-refractivity contribution in [2.24, 2.45) is 23.7 Å². The van der Waals surface area contributed by atoms with Crippen molar-refractivity contribution in [3.8, 4) is 0 Å². The summed E-state index contributed by atoms with van der Waals surface area (Å²) in [7, 11) is 0. The number of halogens is 1. The molecule has 3 aliphatic rings. The van der Waals surface area contributed by atoms with Gasteiger partial charge in [-0.05, 0) is 83.8 Å². The zero-order valence-electron chi connectivity index (χ0n) is 15.4. The van der Waals surface area contributed by atoms with Crippen molar-refractivity contribution in [1.82, 2.24) is 0 Å². The molecule has 2 aromatic carbocycles. The van der Waals surface area contributed by atoms with E-state index in [9.17, 15) is 14.4 Å². The maximum Gasteiger partial charge on any atom is 0.310 e. The van der Waals surface area contributed by atoms with Crippen LogP contribution < -0.4 is 10.6 Å². The average Bonchev–Trinajstić information content (AvgIpc) is 3.32. The fourth-order valence-electron chi connectivity index (χ4n) is 5.06. The number of fused-ring (bicyclic) bond motifs is 1. The SMILES string of the molecule is O=C(Nc1ccc(I)cc1)c1cccc(NC(=O)[C@H]2[C@@H]3C[C@@H]4[C@@H]2C(=O)O[C@@H]4C3)c1. The number of benzene rings is 2. The molecule has 2 aliphatic carbocycles. The van der Waals surface area contributed by atoms with Gasteiger partial charge in [-0.15, -0.1) is 0 Å². The highest BCUT2D eigenvalue weighted by molar-refractivity contribution is 14.1. The molecular formula is C22H19IN2O4. The zero-order chi connectivity index (χ0) is 20.1. The zero-order valence-corrected chi connectivity index (χ0v) is 17.6. The lowest BCUT2D eigenvalue weighted by Crippen LogP contribution is -2.35. The Balaban J connectivity index is 1.29. The van der Waals surface area contributed by atoms with Crippen LogP contribution in [0.3, 0.4) is 0 Å². The molecule has 6 nitrogen and oxygen atoms in total. The third-order valence-corrected chi connectivity index (χ3v) is 7.00. The minimum absolute atomic E-state index is 0.00911. The summed E-state index contributed by atoms with van der Waals surface area (Å²) < 4.78 is 6.50. The van der Waals surface area contributed by atoms with Crippen molar-refractivity contribution in [2.75, 3.05) is 10.6 Å². The molecule has 29 heavy (non-hydrogen) atoms. The van der Waals surface area contributed by atoms with Gasteiger partial charge in [0.1, 0.15) is 6.10 Å². The van der Waals surface area contributed by atoms with Gasteiger partial charge in [0.05, 0.1) is 11.8 Å². The van der Waals surface area contributed by atoms with E-state index in [0.29, 0.717) is 16.9 Å². The number of amides is 2. The normalized spacial score (nSPS) is 28.9. The highest BCUT2D eigenvalue weighted by Crippen LogP contribution is 2.57. The number of nitrogens with one attached hydrogen (secondary N) is 2. The Morgan fingerprint density at radius 3 is 2.59 bits per heavy atom. The minimum atomic E-state index is -0.337. The Morgan fingerprint density at radius 2 is 1.79 bits per heavy atom. The van der Waals surface area contributed by atoms with Gasteiger partial charge in [-0.2, -0.15) is 0 Å². The summed E-state index contributed by atoms with van der Waals surface area (Å²) in [5.41, 5.74) is 1.71. The molecule has 2 bridgehead atoms. The van der Waals surface area contributed by atoms with Crippen LogP contribution in [0.5, 0.6) is 0 Å². The first-order valence-electron chi connectivity index (χ1n) is 9.68. The van der Waals surface area contributed by atoms with Crippen molar-refractivity contribution in [3.63, 3.8) is 0 Å². The van der Waals surface area contributed by atoms with Crippen molar-refractivity contribution >= 4 is 51.7 Å². The highest BCUT2D eigenvalue weighted by atomic mass is 127. The van der Waals surface area contributed by atoms with Crippen LogP contribution in [0.15, 0.2) is 48.5 Å². The van der Waals surface area contributed by atoms with Crippen molar-refractivity contribution < 1.29 is 19.1 Å². The summed E-state index contributed by atoms with van der Waals surface area (Å²) in [6.07, 6.45) is 1.68. The quantitative estimate of drug-likeness (QED) is 0.494. The molecule has 0 aromatic heterocycles. The van der Waals surface area contributed by atoms with Crippen molar-refractivity contribution in [1.29, 1.82) is 0 Å². The summed E-state index contributed by atoms with van der Waals surface area (Å²) in [4.78, 5) is 37.6. The largest absolute Gasteiger partial charge is 0.462 e. The van der Waals surface area contributed by atoms with Gasteiger partial charge in [0.15, 0.2) is 0 Å². The first-order valence-corrected chi connectivity index (χ1v) is 10.8. The Hall–Kier alpha value is -2.42. The molecule has 5 atom stereocenters. The Bertz CT molecular complexity index is 1000. The monoisotopic (exact) mass is 502 g/mol. The average molecular weight is 502 g/mol. The van der Waals surface area contributed by atoms with E-state index >= 15 is 0 Å². The molecule has 7 heteroatoms. The molecule has 3 fully saturated rings. The second-order valence-corrected chi connectivity index (χ2v) is 9.20. The Morgan fingerprint density at radius 1 is 1.00 bits per heavy atom. The molecule has 2 aromatic rings. The van der Waals surface area contributed by atoms with Crippen LogP contribution >= 0.6 is 22.6 Å². The second-order valence-electron chi connectivity index (χ2n) is 7.95. The fraction of sp³-hybridized carbons (Fsp3) is 0.318. The van der Waals surface area contributed by atoms with E-state index in [1.54, 1.807) is 24.3 Å². The van der Waals surface area contributed by atoms with E-state index < -0.39 is 0 Å². The van der Waals surface area contributed by atoms with E-state index in [2.05, 4.69) is 33.2 Å². The molecule has 1 saturated heterocycles. The van der Waals surface area contributed by atoms with Crippen molar-refractivity contribution in [3.05, 3.63) is 57.7 Å². The predicted molar refractivity (Wildman–Crippen MR) is 115 cm³/mol. The molecule has 1 aliphatic heterocycles. The third kappa shape index (κ3) is 3.31. The standard InChI is InChI=1S/C22H19IN2O4/c23-13-4-6-14(7-5-13)24-20(26)11-2-1-3-15(8-11)25-21(27)18-12-9-16-17(10-12)29-22(28)19(16)18/h1-8,12,16-19H,9-10H2,(H,24,26)(H,25,27)/t12-,16+,17-,18+,19+/m1/s1. The molecule has 5 rings (SSSR count). The molecule has 0 radical (unpaired) electrons. The number of anilines is 2. The third-order valence-electron chi connectivity index (χ3n) is 6.28. The summed E-state index contributed by atoms with van der Waals surface area (Å²) in [6, 6.07) is 14.4. The lowest BCUT2D eigenvalue weighted by Gasteiger charge is -2.23. The number of esters is 1. The first-order chi connectivity index (χ1) is 14.0. The van der Waals surface area contributed by atoms with Gasteiger partial charge in [-0.3, -0.25) is 14.4 Å². The fourth-order valence-corrected chi connectivity index (χ4v) is 5.42. The number of carbonyl (C=O) groups excluding carboxylic acids is 3. The van der Waals surface area contributed by atoms with E-state index in [0.717, 1.165) is 16.4 Å². The van der Waals surface area contributed by atoms with Crippen LogP contribution in [0.25, 0.3) is 0 Å². The van der Waals surface area contributed by atoms with E-state index in [-0.39, 0.29) is 47.6 Å². The predicted octanol–water partition coefficient (Wildman–Crippen LogP) is 3.68. The summed E-state index contributed by atoms with van der Waals surface area (Å²) in [6.45, 7) is 0. The van der Waals surface area contributed by atoms with Crippen LogP contribution in [0.1, 0.15) is 23.2 Å². The van der Waals surface area contributed by atoms with Gasteiger partial charge in [0, 0.05) is 26.4 Å². The van der Waals surface area contributed by atoms with Gasteiger partial charge in [0.2, 0.25) is 5.91 Å². The summed E-state index contributed by atoms with van der Waals surface area (Å²) in [5.74, 6) is -0.894. The lowest BCUT2D eigenvalue weighted by atomic mass is 9.79. The smallest absolute Gasteiger partial charge is 0.310 e. The Kier molecular flexibility index (Phi) is 4.57. The maximum atomic E-state index is 12.9. The van der Waals surface area contributed by atoms with E-state index in [1.165, 1.54) is 0 Å². The van der Waals surface area contributed by atoms with Gasteiger partial charge in [-0.1, -0.05) is 6.07 Å². The number of hydrogen-bond donors (Lipinski definition) is 2. The number of hydrogen-bond acceptors (Lipinski definition) is 4. The molecule has 148 valence electrons. The molecule has 1 heterocycles. The Labute approximate surface area is 181 Å². The maximum absolute atomic E-state index is 12.9. The van der Waals surface area contributed by atoms with Crippen molar-refractivity contribution in [2.45, 2.75) is 18.9 Å². The number of carbonyl (C=O) groups is 3. The van der Waals surface area contributed by atoms with Crippen LogP contribution in [0, 0.1) is 27.2 Å². The summed E-state index contributed by atoms with van der Waals surface area (Å²) in [5, 5.41) is 5.77. The van der Waals surface area contributed by atoms with Gasteiger partial charge in [0.25, 0.3) is 5.91 Å². The second kappa shape index (κ2) is 7.12. The van der Waals surface area contributed by atoms with Crippen LogP contribution in [0.2, 0.25) is 0 Å². The molecule has 2 N–H and O–H groups in total. The minimum Gasteiger partial charge on any atom is -0.462 e. The van der Waals surface area contributed by atoms with Crippen LogP contribution in [-0.4, -0.2) is 23.9 Å². The molecule has 0 spiro atoms. The van der Waals surface area contributed by atoms with E-state index in [1.807, 2.05) is 24.3 Å². The van der Waals surface area contributed by atoms with E-state index in [4.69, 9.17) is 4.74 Å². The summed E-state index contributed by atoms with van der Waals surface area (Å²) >= 11 is 2.21.